The van der Waals surface area contributed by atoms with Gasteiger partial charge in [0.05, 0.1) is 37.9 Å². The molecule has 0 bridgehead atoms. The maximum absolute atomic E-state index is 13.8. The molecule has 11 heteroatoms. The second kappa shape index (κ2) is 14.1. The highest BCUT2D eigenvalue weighted by Gasteiger charge is 2.43. The van der Waals surface area contributed by atoms with Crippen LogP contribution in [0, 0.1) is 0 Å². The van der Waals surface area contributed by atoms with Gasteiger partial charge < -0.3 is 34.1 Å². The van der Waals surface area contributed by atoms with E-state index in [1.54, 1.807) is 23.1 Å². The van der Waals surface area contributed by atoms with Gasteiger partial charge >= 0.3 is 0 Å². The van der Waals surface area contributed by atoms with Crippen LogP contribution >= 0.6 is 23.2 Å². The number of methoxy groups -OCH3 is 3. The van der Waals surface area contributed by atoms with Crippen molar-refractivity contribution in [2.45, 2.75) is 30.9 Å². The van der Waals surface area contributed by atoms with Crippen molar-refractivity contribution in [1.82, 2.24) is 15.1 Å². The number of piperidine rings is 1. The van der Waals surface area contributed by atoms with Crippen molar-refractivity contribution in [1.29, 1.82) is 0 Å². The quantitative estimate of drug-likeness (QED) is 0.307. The number of carbonyl (C=O) groups is 2. The Balaban J connectivity index is 1.28. The van der Waals surface area contributed by atoms with E-state index >= 15 is 0 Å². The third-order valence-electron chi connectivity index (χ3n) is 8.38. The van der Waals surface area contributed by atoms with Gasteiger partial charge in [-0.15, -0.1) is 0 Å². The van der Waals surface area contributed by atoms with E-state index in [-0.39, 0.29) is 24.6 Å². The largest absolute Gasteiger partial charge is 0.493 e. The summed E-state index contributed by atoms with van der Waals surface area (Å²) in [7, 11) is 4.55. The molecule has 2 heterocycles. The van der Waals surface area contributed by atoms with Crippen molar-refractivity contribution in [3.05, 3.63) is 87.4 Å². The van der Waals surface area contributed by atoms with Crippen LogP contribution < -0.4 is 19.5 Å². The molecule has 44 heavy (non-hydrogen) atoms. The number of benzene rings is 3. The van der Waals surface area contributed by atoms with E-state index in [0.29, 0.717) is 51.4 Å². The third-order valence-corrected chi connectivity index (χ3v) is 9.12. The fourth-order valence-corrected chi connectivity index (χ4v) is 6.16. The normalized spacial score (nSPS) is 19.1. The summed E-state index contributed by atoms with van der Waals surface area (Å²) >= 11 is 12.7. The molecule has 0 unspecified atom stereocenters. The van der Waals surface area contributed by atoms with Gasteiger partial charge in [0.2, 0.25) is 5.75 Å². The van der Waals surface area contributed by atoms with Crippen molar-refractivity contribution in [3.8, 4) is 17.2 Å². The highest BCUT2D eigenvalue weighted by atomic mass is 35.5. The first kappa shape index (κ1) is 31.9. The van der Waals surface area contributed by atoms with Crippen molar-refractivity contribution < 1.29 is 28.5 Å². The van der Waals surface area contributed by atoms with Crippen LogP contribution in [0.5, 0.6) is 17.2 Å². The van der Waals surface area contributed by atoms with Gasteiger partial charge in [-0.05, 0) is 61.2 Å². The molecule has 0 aromatic heterocycles. The molecule has 2 fully saturated rings. The Morgan fingerprint density at radius 3 is 2.20 bits per heavy atom. The first-order valence-corrected chi connectivity index (χ1v) is 15.3. The Morgan fingerprint density at radius 1 is 0.909 bits per heavy atom. The lowest BCUT2D eigenvalue weighted by Gasteiger charge is -2.35. The second-order valence-corrected chi connectivity index (χ2v) is 11.8. The van der Waals surface area contributed by atoms with Gasteiger partial charge in [0, 0.05) is 36.8 Å². The molecule has 3 aromatic carbocycles. The number of hydrogen-bond donors (Lipinski definition) is 1. The Hall–Kier alpha value is -3.50. The fourth-order valence-electron chi connectivity index (χ4n) is 5.87. The lowest BCUT2D eigenvalue weighted by molar-refractivity contribution is -0.0127. The van der Waals surface area contributed by atoms with Crippen molar-refractivity contribution in [3.63, 3.8) is 0 Å². The molecule has 1 atom stereocenters. The number of nitrogens with one attached hydrogen (secondary N) is 1. The molecule has 5 rings (SSSR count). The van der Waals surface area contributed by atoms with Gasteiger partial charge in [-0.3, -0.25) is 9.59 Å². The van der Waals surface area contributed by atoms with E-state index < -0.39 is 5.60 Å². The summed E-state index contributed by atoms with van der Waals surface area (Å²) in [5.41, 5.74) is 1.13. The summed E-state index contributed by atoms with van der Waals surface area (Å²) in [6.45, 7) is 2.84. The lowest BCUT2D eigenvalue weighted by Crippen LogP contribution is -2.46. The van der Waals surface area contributed by atoms with Crippen LogP contribution in [0.3, 0.4) is 0 Å². The van der Waals surface area contributed by atoms with Crippen LogP contribution in [-0.2, 0) is 10.3 Å². The monoisotopic (exact) mass is 641 g/mol. The minimum Gasteiger partial charge on any atom is -0.493 e. The standard InChI is InChI=1S/C33H37Cl2N3O6/c1-41-28-17-23(18-29(42-2)30(28)43-3)32(40)38-20-33(44-21-38,24-9-10-26(34)27(35)19-24)13-16-37-14-11-25(12-15-37)36-31(39)22-7-5-4-6-8-22/h4-10,17-19,25H,11-16,20-21H2,1-3H3,(H,36,39)/t33-/m0/s1. The molecular formula is C33H37Cl2N3O6. The number of hydrogen-bond acceptors (Lipinski definition) is 7. The molecule has 1 N–H and O–H groups in total. The molecule has 234 valence electrons. The fraction of sp³-hybridized carbons (Fsp3) is 0.394. The summed E-state index contributed by atoms with van der Waals surface area (Å²) in [5, 5.41) is 4.05. The second-order valence-electron chi connectivity index (χ2n) is 11.0. The van der Waals surface area contributed by atoms with Gasteiger partial charge in [0.15, 0.2) is 11.5 Å². The molecule has 3 aromatic rings. The summed E-state index contributed by atoms with van der Waals surface area (Å²) in [5.74, 6) is 0.946. The minimum absolute atomic E-state index is 0.0427. The van der Waals surface area contributed by atoms with Crippen LogP contribution in [0.25, 0.3) is 0 Å². The highest BCUT2D eigenvalue weighted by molar-refractivity contribution is 6.42. The van der Waals surface area contributed by atoms with Gasteiger partial charge in [0.25, 0.3) is 11.8 Å². The van der Waals surface area contributed by atoms with E-state index in [2.05, 4.69) is 10.2 Å². The van der Waals surface area contributed by atoms with Crippen LogP contribution in [-0.4, -0.2) is 81.9 Å². The Kier molecular flexibility index (Phi) is 10.2. The number of halogens is 2. The lowest BCUT2D eigenvalue weighted by atomic mass is 9.89. The van der Waals surface area contributed by atoms with Crippen LogP contribution in [0.4, 0.5) is 0 Å². The topological polar surface area (TPSA) is 89.6 Å². The SMILES string of the molecule is COc1cc(C(=O)N2CO[C@](CCN3CCC(NC(=O)c4ccccc4)CC3)(c3ccc(Cl)c(Cl)c3)C2)cc(OC)c1OC. The van der Waals surface area contributed by atoms with Crippen molar-refractivity contribution >= 4 is 35.0 Å². The molecule has 0 aliphatic carbocycles. The zero-order valence-electron chi connectivity index (χ0n) is 25.1. The number of amides is 2. The van der Waals surface area contributed by atoms with Crippen LogP contribution in [0.15, 0.2) is 60.7 Å². The summed E-state index contributed by atoms with van der Waals surface area (Å²) in [6.07, 6.45) is 2.33. The van der Waals surface area contributed by atoms with Crippen LogP contribution in [0.1, 0.15) is 45.5 Å². The van der Waals surface area contributed by atoms with E-state index in [9.17, 15) is 9.59 Å². The predicted molar refractivity (Wildman–Crippen MR) is 169 cm³/mol. The maximum atomic E-state index is 13.8. The number of likely N-dealkylation sites (tertiary alicyclic amines) is 1. The Bertz CT molecular complexity index is 1460. The maximum Gasteiger partial charge on any atom is 0.256 e. The Morgan fingerprint density at radius 2 is 1.59 bits per heavy atom. The first-order valence-electron chi connectivity index (χ1n) is 14.5. The Labute approximate surface area is 267 Å². The molecule has 0 saturated carbocycles. The summed E-state index contributed by atoms with van der Waals surface area (Å²) in [6, 6.07) is 18.2. The van der Waals surface area contributed by atoms with E-state index in [0.717, 1.165) is 38.0 Å². The van der Waals surface area contributed by atoms with Gasteiger partial charge in [-0.1, -0.05) is 47.5 Å². The van der Waals surface area contributed by atoms with Crippen molar-refractivity contribution in [2.75, 3.05) is 54.2 Å². The van der Waals surface area contributed by atoms with Gasteiger partial charge in [0.1, 0.15) is 12.3 Å². The van der Waals surface area contributed by atoms with E-state index in [1.165, 1.54) is 21.3 Å². The molecule has 0 spiro atoms. The molecule has 2 aliphatic heterocycles. The van der Waals surface area contributed by atoms with E-state index in [4.69, 9.17) is 42.1 Å². The molecule has 2 amide bonds. The zero-order valence-corrected chi connectivity index (χ0v) is 26.6. The molecule has 2 saturated heterocycles. The summed E-state index contributed by atoms with van der Waals surface area (Å²) < 4.78 is 22.8. The van der Waals surface area contributed by atoms with Gasteiger partial charge in [-0.2, -0.15) is 0 Å². The van der Waals surface area contributed by atoms with Crippen LogP contribution in [0.2, 0.25) is 10.0 Å². The van der Waals surface area contributed by atoms with Crippen molar-refractivity contribution in [2.24, 2.45) is 0 Å². The summed E-state index contributed by atoms with van der Waals surface area (Å²) in [4.78, 5) is 30.4. The van der Waals surface area contributed by atoms with Gasteiger partial charge in [-0.25, -0.2) is 0 Å². The minimum atomic E-state index is -0.789. The molecule has 0 radical (unpaired) electrons. The molecular weight excluding hydrogens is 605 g/mol. The third kappa shape index (κ3) is 6.91. The number of ether oxygens (including phenoxy) is 4. The smallest absolute Gasteiger partial charge is 0.256 e. The molecule has 9 nitrogen and oxygen atoms in total. The average molecular weight is 643 g/mol. The zero-order chi connectivity index (χ0) is 31.3. The first-order chi connectivity index (χ1) is 21.3. The predicted octanol–water partition coefficient (Wildman–Crippen LogP) is 5.63. The highest BCUT2D eigenvalue weighted by Crippen LogP contribution is 2.41. The van der Waals surface area contributed by atoms with E-state index in [1.807, 2.05) is 42.5 Å². The molecule has 2 aliphatic rings. The average Bonchev–Trinajstić information content (AvgIpc) is 3.50. The number of nitrogens with zero attached hydrogens (tertiary/aromatic N) is 2. The number of rotatable bonds is 10. The number of carbonyl (C=O) groups excluding carboxylic acids is 2.